The van der Waals surface area contributed by atoms with Gasteiger partial charge in [0, 0.05) is 17.8 Å². The fraction of sp³-hybridized carbons (Fsp3) is 0.160. The molecule has 4 aromatic rings. The summed E-state index contributed by atoms with van der Waals surface area (Å²) in [5.74, 6) is -0.340. The number of carbonyl (C=O) groups excluding carboxylic acids is 1. The fourth-order valence-corrected chi connectivity index (χ4v) is 5.89. The van der Waals surface area contributed by atoms with Gasteiger partial charge < -0.3 is 4.74 Å². The van der Waals surface area contributed by atoms with Crippen LogP contribution in [0.2, 0.25) is 0 Å². The molecule has 5 nitrogen and oxygen atoms in total. The number of rotatable bonds is 8. The monoisotopic (exact) mass is 465 g/mol. The van der Waals surface area contributed by atoms with E-state index in [9.17, 15) is 13.2 Å². The van der Waals surface area contributed by atoms with Gasteiger partial charge in [-0.2, -0.15) is 4.31 Å². The lowest BCUT2D eigenvalue weighted by Gasteiger charge is -2.22. The van der Waals surface area contributed by atoms with E-state index in [2.05, 4.69) is 0 Å². The maximum atomic E-state index is 13.4. The van der Waals surface area contributed by atoms with Crippen molar-refractivity contribution in [2.75, 3.05) is 6.61 Å². The lowest BCUT2D eigenvalue weighted by molar-refractivity contribution is 0.0532. The molecule has 0 aliphatic heterocycles. The van der Waals surface area contributed by atoms with Crippen LogP contribution in [0, 0.1) is 0 Å². The van der Waals surface area contributed by atoms with Crippen LogP contribution in [0.3, 0.4) is 0 Å². The van der Waals surface area contributed by atoms with E-state index in [0.717, 1.165) is 21.2 Å². The van der Waals surface area contributed by atoms with Gasteiger partial charge in [-0.1, -0.05) is 60.7 Å². The highest BCUT2D eigenvalue weighted by Gasteiger charge is 2.25. The molecule has 0 saturated heterocycles. The first-order valence-corrected chi connectivity index (χ1v) is 12.5. The van der Waals surface area contributed by atoms with Gasteiger partial charge in [0.05, 0.1) is 11.5 Å². The topological polar surface area (TPSA) is 63.7 Å². The lowest BCUT2D eigenvalue weighted by Crippen LogP contribution is -2.30. The number of fused-ring (bicyclic) bond motifs is 1. The number of hydrogen-bond donors (Lipinski definition) is 0. The molecule has 0 amide bonds. The van der Waals surface area contributed by atoms with Gasteiger partial charge in [-0.05, 0) is 47.7 Å². The summed E-state index contributed by atoms with van der Waals surface area (Å²) in [5, 5.41) is 0.933. The number of hydrogen-bond acceptors (Lipinski definition) is 5. The Balaban J connectivity index is 1.67. The van der Waals surface area contributed by atoms with Crippen molar-refractivity contribution in [3.8, 4) is 0 Å². The van der Waals surface area contributed by atoms with Gasteiger partial charge in [0.2, 0.25) is 10.0 Å². The Morgan fingerprint density at radius 3 is 2.22 bits per heavy atom. The predicted octanol–water partition coefficient (Wildman–Crippen LogP) is 5.47. The molecule has 1 heterocycles. The second-order valence-corrected chi connectivity index (χ2v) is 10.3. The summed E-state index contributed by atoms with van der Waals surface area (Å²) < 4.78 is 34.4. The maximum Gasteiger partial charge on any atom is 0.348 e. The van der Waals surface area contributed by atoms with Gasteiger partial charge in [0.25, 0.3) is 0 Å². The van der Waals surface area contributed by atoms with Crippen LogP contribution in [-0.4, -0.2) is 25.3 Å². The molecule has 0 radical (unpaired) electrons. The van der Waals surface area contributed by atoms with E-state index in [4.69, 9.17) is 4.74 Å². The van der Waals surface area contributed by atoms with Crippen LogP contribution < -0.4 is 0 Å². The SMILES string of the molecule is CCOC(=O)c1cc2ccc(CN(Cc3ccccc3)S(=O)(=O)c3ccccc3)cc2s1. The van der Waals surface area contributed by atoms with Crippen LogP contribution in [0.15, 0.2) is 89.8 Å². The van der Waals surface area contributed by atoms with Gasteiger partial charge >= 0.3 is 5.97 Å². The Labute approximate surface area is 191 Å². The molecular weight excluding hydrogens is 442 g/mol. The first-order valence-electron chi connectivity index (χ1n) is 10.3. The highest BCUT2D eigenvalue weighted by Crippen LogP contribution is 2.29. The van der Waals surface area contributed by atoms with Crippen LogP contribution in [0.1, 0.15) is 27.7 Å². The average Bonchev–Trinajstić information content (AvgIpc) is 3.24. The molecule has 7 heteroatoms. The number of nitrogens with zero attached hydrogens (tertiary/aromatic N) is 1. The van der Waals surface area contributed by atoms with E-state index in [1.54, 1.807) is 37.3 Å². The summed E-state index contributed by atoms with van der Waals surface area (Å²) in [6.07, 6.45) is 0. The van der Waals surface area contributed by atoms with Crippen molar-refractivity contribution in [1.29, 1.82) is 0 Å². The molecule has 0 saturated carbocycles. The minimum Gasteiger partial charge on any atom is -0.462 e. The van der Waals surface area contributed by atoms with Gasteiger partial charge in [-0.25, -0.2) is 13.2 Å². The Morgan fingerprint density at radius 1 is 0.875 bits per heavy atom. The molecule has 32 heavy (non-hydrogen) atoms. The minimum absolute atomic E-state index is 0.217. The summed E-state index contributed by atoms with van der Waals surface area (Å²) in [6, 6.07) is 25.6. The van der Waals surface area contributed by atoms with Crippen molar-refractivity contribution in [3.63, 3.8) is 0 Å². The molecule has 1 aromatic heterocycles. The van der Waals surface area contributed by atoms with E-state index in [1.165, 1.54) is 15.6 Å². The standard InChI is InChI=1S/C25H23NO4S2/c1-2-30-25(27)24-16-21-14-13-20(15-23(21)31-24)18-26(17-19-9-5-3-6-10-19)32(28,29)22-11-7-4-8-12-22/h3-16H,2,17-18H2,1H3. The average molecular weight is 466 g/mol. The Morgan fingerprint density at radius 2 is 1.53 bits per heavy atom. The summed E-state index contributed by atoms with van der Waals surface area (Å²) in [7, 11) is -3.70. The molecule has 0 spiro atoms. The summed E-state index contributed by atoms with van der Waals surface area (Å²) in [4.78, 5) is 12.9. The molecule has 3 aromatic carbocycles. The molecule has 0 aliphatic rings. The Kier molecular flexibility index (Phi) is 6.69. The van der Waals surface area contributed by atoms with Gasteiger partial charge in [-0.3, -0.25) is 0 Å². The van der Waals surface area contributed by atoms with Crippen molar-refractivity contribution in [1.82, 2.24) is 4.31 Å². The number of ether oxygens (including phenoxy) is 1. The zero-order chi connectivity index (χ0) is 22.6. The third-order valence-electron chi connectivity index (χ3n) is 5.00. The first kappa shape index (κ1) is 22.2. The van der Waals surface area contributed by atoms with Crippen LogP contribution in [0.4, 0.5) is 0 Å². The Hall–Kier alpha value is -3.00. The first-order chi connectivity index (χ1) is 15.5. The van der Waals surface area contributed by atoms with Crippen molar-refractivity contribution < 1.29 is 17.9 Å². The zero-order valence-electron chi connectivity index (χ0n) is 17.6. The highest BCUT2D eigenvalue weighted by atomic mass is 32.2. The van der Waals surface area contributed by atoms with Crippen molar-refractivity contribution in [2.45, 2.75) is 24.9 Å². The Bertz CT molecular complexity index is 1320. The highest BCUT2D eigenvalue weighted by molar-refractivity contribution is 7.89. The quantitative estimate of drug-likeness (QED) is 0.324. The molecule has 0 fully saturated rings. The smallest absolute Gasteiger partial charge is 0.348 e. The normalized spacial score (nSPS) is 11.7. The molecule has 4 rings (SSSR count). The minimum atomic E-state index is -3.70. The predicted molar refractivity (Wildman–Crippen MR) is 127 cm³/mol. The van der Waals surface area contributed by atoms with E-state index < -0.39 is 10.0 Å². The van der Waals surface area contributed by atoms with Crippen LogP contribution >= 0.6 is 11.3 Å². The molecule has 0 atom stereocenters. The van der Waals surface area contributed by atoms with Crippen LogP contribution in [0.5, 0.6) is 0 Å². The third-order valence-corrected chi connectivity index (χ3v) is 7.89. The van der Waals surface area contributed by atoms with E-state index in [1.807, 2.05) is 54.6 Å². The summed E-state index contributed by atoms with van der Waals surface area (Å²) >= 11 is 1.35. The molecule has 0 bridgehead atoms. The van der Waals surface area contributed by atoms with Crippen molar-refractivity contribution in [3.05, 3.63) is 101 Å². The summed E-state index contributed by atoms with van der Waals surface area (Å²) in [5.41, 5.74) is 1.76. The lowest BCUT2D eigenvalue weighted by atomic mass is 10.1. The second kappa shape index (κ2) is 9.65. The van der Waals surface area contributed by atoms with E-state index in [-0.39, 0.29) is 24.0 Å². The summed E-state index contributed by atoms with van der Waals surface area (Å²) in [6.45, 7) is 2.57. The number of benzene rings is 3. The van der Waals surface area contributed by atoms with Crippen molar-refractivity contribution in [2.24, 2.45) is 0 Å². The number of thiophene rings is 1. The number of esters is 1. The maximum absolute atomic E-state index is 13.4. The number of carbonyl (C=O) groups is 1. The fourth-order valence-electron chi connectivity index (χ4n) is 3.43. The zero-order valence-corrected chi connectivity index (χ0v) is 19.2. The number of sulfonamides is 1. The van der Waals surface area contributed by atoms with Crippen LogP contribution in [-0.2, 0) is 27.8 Å². The van der Waals surface area contributed by atoms with Gasteiger partial charge in [0.1, 0.15) is 4.88 Å². The molecule has 0 aliphatic carbocycles. The largest absolute Gasteiger partial charge is 0.462 e. The van der Waals surface area contributed by atoms with E-state index in [0.29, 0.717) is 11.5 Å². The molecular formula is C25H23NO4S2. The van der Waals surface area contributed by atoms with Crippen LogP contribution in [0.25, 0.3) is 10.1 Å². The van der Waals surface area contributed by atoms with Gasteiger partial charge in [0.15, 0.2) is 0 Å². The molecule has 0 N–H and O–H groups in total. The second-order valence-electron chi connectivity index (χ2n) is 7.28. The molecule has 0 unspecified atom stereocenters. The molecule has 164 valence electrons. The van der Waals surface area contributed by atoms with E-state index >= 15 is 0 Å². The van der Waals surface area contributed by atoms with Crippen molar-refractivity contribution >= 4 is 37.4 Å². The third kappa shape index (κ3) is 4.91. The van der Waals surface area contributed by atoms with Gasteiger partial charge in [-0.15, -0.1) is 11.3 Å².